The zero-order chi connectivity index (χ0) is 18.8. The average molecular weight is 361 g/mol. The maximum absolute atomic E-state index is 11.9. The normalized spacial score (nSPS) is 15.4. The Kier molecular flexibility index (Phi) is 8.25. The van der Waals surface area contributed by atoms with Crippen LogP contribution >= 0.6 is 0 Å². The molecule has 0 bridgehead atoms. The molecule has 6 nitrogen and oxygen atoms in total. The molecule has 1 saturated carbocycles. The third-order valence-electron chi connectivity index (χ3n) is 4.70. The van der Waals surface area contributed by atoms with Gasteiger partial charge < -0.3 is 20.3 Å². The van der Waals surface area contributed by atoms with E-state index in [2.05, 4.69) is 21.7 Å². The molecular formula is C20H32N4O2. The lowest BCUT2D eigenvalue weighted by Crippen LogP contribution is -2.45. The lowest BCUT2D eigenvalue weighted by molar-refractivity contribution is -0.127. The molecule has 0 radical (unpaired) electrons. The van der Waals surface area contributed by atoms with Gasteiger partial charge in [-0.1, -0.05) is 37.5 Å². The standard InChI is InChI=1S/C20H32N4O2/c1-24(2)19(25)15-22-20(23-17-10-5-4-6-11-17)21-14-13-16-9-7-8-12-18(16)26-3/h7-9,12,17H,4-6,10-11,13-15H2,1-3H3,(H2,21,22,23). The van der Waals surface area contributed by atoms with Crippen molar-refractivity contribution in [1.29, 1.82) is 0 Å². The van der Waals surface area contributed by atoms with Crippen LogP contribution in [-0.4, -0.2) is 57.1 Å². The van der Waals surface area contributed by atoms with Crippen LogP contribution in [0.1, 0.15) is 37.7 Å². The first-order valence-corrected chi connectivity index (χ1v) is 9.47. The van der Waals surface area contributed by atoms with E-state index < -0.39 is 0 Å². The van der Waals surface area contributed by atoms with Gasteiger partial charge in [0.2, 0.25) is 5.91 Å². The molecule has 26 heavy (non-hydrogen) atoms. The summed E-state index contributed by atoms with van der Waals surface area (Å²) >= 11 is 0. The number of likely N-dealkylation sites (N-methyl/N-ethyl adjacent to an activating group) is 1. The molecule has 1 aromatic carbocycles. The highest BCUT2D eigenvalue weighted by Crippen LogP contribution is 2.18. The Hall–Kier alpha value is -2.24. The van der Waals surface area contributed by atoms with Crippen LogP contribution in [-0.2, 0) is 11.2 Å². The molecule has 2 rings (SSSR count). The SMILES string of the molecule is COc1ccccc1CCNC(=NCC(=O)N(C)C)NC1CCCCC1. The number of hydrogen-bond donors (Lipinski definition) is 2. The largest absolute Gasteiger partial charge is 0.496 e. The highest BCUT2D eigenvalue weighted by molar-refractivity contribution is 5.84. The number of carbonyl (C=O) groups is 1. The van der Waals surface area contributed by atoms with Crippen LogP contribution in [0, 0.1) is 0 Å². The molecule has 6 heteroatoms. The number of para-hydroxylation sites is 1. The van der Waals surface area contributed by atoms with E-state index in [1.165, 1.54) is 19.3 Å². The van der Waals surface area contributed by atoms with Crippen molar-refractivity contribution in [2.45, 2.75) is 44.6 Å². The molecule has 1 amide bonds. The summed E-state index contributed by atoms with van der Waals surface area (Å²) in [5.41, 5.74) is 1.16. The van der Waals surface area contributed by atoms with E-state index in [0.717, 1.165) is 43.1 Å². The predicted octanol–water partition coefficient (Wildman–Crippen LogP) is 2.19. The number of amides is 1. The first-order chi connectivity index (χ1) is 12.6. The minimum absolute atomic E-state index is 0.000488. The number of carbonyl (C=O) groups excluding carboxylic acids is 1. The van der Waals surface area contributed by atoms with Gasteiger partial charge in [-0.3, -0.25) is 4.79 Å². The van der Waals surface area contributed by atoms with Gasteiger partial charge >= 0.3 is 0 Å². The number of benzene rings is 1. The number of ether oxygens (including phenoxy) is 1. The Labute approximate surface area is 157 Å². The molecule has 0 atom stereocenters. The highest BCUT2D eigenvalue weighted by atomic mass is 16.5. The monoisotopic (exact) mass is 360 g/mol. The smallest absolute Gasteiger partial charge is 0.243 e. The fourth-order valence-corrected chi connectivity index (χ4v) is 3.11. The highest BCUT2D eigenvalue weighted by Gasteiger charge is 2.15. The lowest BCUT2D eigenvalue weighted by Gasteiger charge is -2.25. The van der Waals surface area contributed by atoms with Gasteiger partial charge in [0.25, 0.3) is 0 Å². The Balaban J connectivity index is 1.93. The summed E-state index contributed by atoms with van der Waals surface area (Å²) < 4.78 is 5.41. The first kappa shape index (κ1) is 20.1. The summed E-state index contributed by atoms with van der Waals surface area (Å²) in [6, 6.07) is 8.47. The second kappa shape index (κ2) is 10.7. The summed E-state index contributed by atoms with van der Waals surface area (Å²) in [6.07, 6.45) is 6.97. The van der Waals surface area contributed by atoms with Crippen LogP contribution in [0.4, 0.5) is 0 Å². The Morgan fingerprint density at radius 2 is 1.96 bits per heavy atom. The summed E-state index contributed by atoms with van der Waals surface area (Å²) in [5, 5.41) is 6.88. The summed E-state index contributed by atoms with van der Waals surface area (Å²) in [7, 11) is 5.19. The van der Waals surface area contributed by atoms with Crippen LogP contribution in [0.5, 0.6) is 5.75 Å². The molecule has 1 aromatic rings. The molecule has 0 spiro atoms. The Morgan fingerprint density at radius 3 is 2.65 bits per heavy atom. The van der Waals surface area contributed by atoms with Crippen LogP contribution in [0.25, 0.3) is 0 Å². The molecule has 0 saturated heterocycles. The van der Waals surface area contributed by atoms with Crippen molar-refractivity contribution in [3.8, 4) is 5.75 Å². The van der Waals surface area contributed by atoms with Crippen LogP contribution in [0.15, 0.2) is 29.3 Å². The van der Waals surface area contributed by atoms with E-state index in [-0.39, 0.29) is 12.5 Å². The summed E-state index contributed by atoms with van der Waals surface area (Å²) in [4.78, 5) is 17.9. The molecule has 1 aliphatic carbocycles. The number of hydrogen-bond acceptors (Lipinski definition) is 3. The van der Waals surface area contributed by atoms with Gasteiger partial charge in [0.1, 0.15) is 12.3 Å². The number of nitrogens with zero attached hydrogens (tertiary/aromatic N) is 2. The Bertz CT molecular complexity index is 595. The zero-order valence-electron chi connectivity index (χ0n) is 16.3. The van der Waals surface area contributed by atoms with Gasteiger partial charge in [-0.2, -0.15) is 0 Å². The van der Waals surface area contributed by atoms with Crippen LogP contribution < -0.4 is 15.4 Å². The maximum Gasteiger partial charge on any atom is 0.243 e. The van der Waals surface area contributed by atoms with E-state index in [4.69, 9.17) is 4.74 Å². The van der Waals surface area contributed by atoms with Crippen molar-refractivity contribution in [3.05, 3.63) is 29.8 Å². The molecule has 1 aliphatic rings. The molecule has 0 aliphatic heterocycles. The maximum atomic E-state index is 11.9. The quantitative estimate of drug-likeness (QED) is 0.578. The van der Waals surface area contributed by atoms with E-state index in [1.807, 2.05) is 18.2 Å². The second-order valence-corrected chi connectivity index (χ2v) is 6.92. The zero-order valence-corrected chi connectivity index (χ0v) is 16.3. The molecule has 0 aromatic heterocycles. The number of methoxy groups -OCH3 is 1. The topological polar surface area (TPSA) is 66.0 Å². The van der Waals surface area contributed by atoms with Crippen molar-refractivity contribution in [3.63, 3.8) is 0 Å². The fourth-order valence-electron chi connectivity index (χ4n) is 3.11. The van der Waals surface area contributed by atoms with Gasteiger partial charge in [-0.05, 0) is 30.9 Å². The summed E-state index contributed by atoms with van der Waals surface area (Å²) in [6.45, 7) is 0.888. The van der Waals surface area contributed by atoms with Crippen LogP contribution in [0.2, 0.25) is 0 Å². The third-order valence-corrected chi connectivity index (χ3v) is 4.70. The molecule has 144 valence electrons. The van der Waals surface area contributed by atoms with Gasteiger partial charge in [-0.15, -0.1) is 0 Å². The molecular weight excluding hydrogens is 328 g/mol. The van der Waals surface area contributed by atoms with Gasteiger partial charge in [0.15, 0.2) is 5.96 Å². The van der Waals surface area contributed by atoms with E-state index in [0.29, 0.717) is 6.04 Å². The van der Waals surface area contributed by atoms with Gasteiger partial charge in [0.05, 0.1) is 7.11 Å². The number of aliphatic imine (C=N–C) groups is 1. The fraction of sp³-hybridized carbons (Fsp3) is 0.600. The van der Waals surface area contributed by atoms with Gasteiger partial charge in [0, 0.05) is 26.7 Å². The lowest BCUT2D eigenvalue weighted by atomic mass is 9.96. The van der Waals surface area contributed by atoms with E-state index >= 15 is 0 Å². The number of nitrogens with one attached hydrogen (secondary N) is 2. The molecule has 2 N–H and O–H groups in total. The second-order valence-electron chi connectivity index (χ2n) is 6.92. The minimum atomic E-state index is -0.000488. The number of guanidine groups is 1. The van der Waals surface area contributed by atoms with Crippen molar-refractivity contribution in [2.24, 2.45) is 4.99 Å². The first-order valence-electron chi connectivity index (χ1n) is 9.47. The average Bonchev–Trinajstić information content (AvgIpc) is 2.66. The van der Waals surface area contributed by atoms with Crippen molar-refractivity contribution < 1.29 is 9.53 Å². The molecule has 0 heterocycles. The molecule has 1 fully saturated rings. The minimum Gasteiger partial charge on any atom is -0.496 e. The number of rotatable bonds is 7. The third kappa shape index (κ3) is 6.58. The van der Waals surface area contributed by atoms with Crippen molar-refractivity contribution in [1.82, 2.24) is 15.5 Å². The van der Waals surface area contributed by atoms with Crippen LogP contribution in [0.3, 0.4) is 0 Å². The summed E-state index contributed by atoms with van der Waals surface area (Å²) in [5.74, 6) is 1.62. The van der Waals surface area contributed by atoms with Crippen molar-refractivity contribution >= 4 is 11.9 Å². The van der Waals surface area contributed by atoms with E-state index in [9.17, 15) is 4.79 Å². The predicted molar refractivity (Wildman–Crippen MR) is 106 cm³/mol. The molecule has 0 unspecified atom stereocenters. The van der Waals surface area contributed by atoms with Gasteiger partial charge in [-0.25, -0.2) is 4.99 Å². The van der Waals surface area contributed by atoms with Crippen molar-refractivity contribution in [2.75, 3.05) is 34.3 Å². The Morgan fingerprint density at radius 1 is 1.23 bits per heavy atom. The van der Waals surface area contributed by atoms with E-state index in [1.54, 1.807) is 26.1 Å².